The molecule has 0 aliphatic rings. The number of nitrogens with zero attached hydrogens (tertiary/aromatic N) is 2. The second-order valence-corrected chi connectivity index (χ2v) is 6.59. The number of carbonyl (C=O) groups excluding carboxylic acids is 3. The average molecular weight is 359 g/mol. The molecule has 132 valence electrons. The zero-order chi connectivity index (χ0) is 18.4. The molecule has 1 aromatic carbocycles. The highest BCUT2D eigenvalue weighted by Crippen LogP contribution is 2.32. The number of benzene rings is 1. The summed E-state index contributed by atoms with van der Waals surface area (Å²) in [6.07, 6.45) is 4.67. The molecule has 6 nitrogen and oxygen atoms in total. The van der Waals surface area contributed by atoms with E-state index in [9.17, 15) is 14.4 Å². The second kappa shape index (κ2) is 8.53. The Morgan fingerprint density at radius 2 is 2.00 bits per heavy atom. The van der Waals surface area contributed by atoms with E-state index in [4.69, 9.17) is 5.73 Å². The molecular formula is C18H21N3O3S. The predicted molar refractivity (Wildman–Crippen MR) is 98.1 cm³/mol. The number of hydrogen-bond donors (Lipinski definition) is 1. The van der Waals surface area contributed by atoms with Crippen molar-refractivity contribution in [1.82, 2.24) is 4.98 Å². The van der Waals surface area contributed by atoms with Crippen LogP contribution in [0.2, 0.25) is 0 Å². The van der Waals surface area contributed by atoms with Gasteiger partial charge < -0.3 is 5.73 Å². The number of nitrogens with two attached hydrogens (primary N) is 1. The van der Waals surface area contributed by atoms with Crippen molar-refractivity contribution in [2.75, 3.05) is 4.90 Å². The number of hydrogen-bond acceptors (Lipinski definition) is 5. The van der Waals surface area contributed by atoms with Crippen molar-refractivity contribution in [3.63, 3.8) is 0 Å². The van der Waals surface area contributed by atoms with E-state index in [2.05, 4.69) is 11.9 Å². The third-order valence-corrected chi connectivity index (χ3v) is 4.48. The zero-order valence-electron chi connectivity index (χ0n) is 14.3. The summed E-state index contributed by atoms with van der Waals surface area (Å²) < 4.78 is 0. The smallest absolute Gasteiger partial charge is 0.322 e. The van der Waals surface area contributed by atoms with Crippen molar-refractivity contribution < 1.29 is 14.4 Å². The molecule has 0 saturated carbocycles. The molecule has 0 atom stereocenters. The van der Waals surface area contributed by atoms with Crippen LogP contribution in [0.5, 0.6) is 0 Å². The normalized spacial score (nSPS) is 10.5. The summed E-state index contributed by atoms with van der Waals surface area (Å²) in [6.45, 7) is 3.94. The van der Waals surface area contributed by atoms with Gasteiger partial charge in [-0.15, -0.1) is 11.3 Å². The van der Waals surface area contributed by atoms with Crippen LogP contribution in [0.15, 0.2) is 29.8 Å². The van der Waals surface area contributed by atoms with Crippen molar-refractivity contribution in [2.24, 2.45) is 5.73 Å². The molecule has 0 aliphatic carbocycles. The van der Waals surface area contributed by atoms with Crippen LogP contribution in [0, 0.1) is 6.92 Å². The first kappa shape index (κ1) is 18.8. The van der Waals surface area contributed by atoms with Crippen LogP contribution in [0.4, 0.5) is 10.8 Å². The first-order valence-electron chi connectivity index (χ1n) is 8.13. The fourth-order valence-corrected chi connectivity index (χ4v) is 3.13. The summed E-state index contributed by atoms with van der Waals surface area (Å²) in [7, 11) is 0. The minimum Gasteiger partial charge on any atom is -0.361 e. The molecule has 1 aromatic heterocycles. The summed E-state index contributed by atoms with van der Waals surface area (Å²) in [5.74, 6) is -2.08. The van der Waals surface area contributed by atoms with Gasteiger partial charge >= 0.3 is 11.8 Å². The lowest BCUT2D eigenvalue weighted by Crippen LogP contribution is -2.38. The number of anilines is 2. The maximum Gasteiger partial charge on any atom is 0.322 e. The summed E-state index contributed by atoms with van der Waals surface area (Å²) >= 11 is 1.19. The van der Waals surface area contributed by atoms with E-state index in [0.717, 1.165) is 29.7 Å². The molecule has 2 N–H and O–H groups in total. The van der Waals surface area contributed by atoms with Crippen LogP contribution in [0.25, 0.3) is 0 Å². The topological polar surface area (TPSA) is 93.4 Å². The molecule has 7 heteroatoms. The second-order valence-electron chi connectivity index (χ2n) is 5.72. The third-order valence-electron chi connectivity index (χ3n) is 3.73. The van der Waals surface area contributed by atoms with Gasteiger partial charge in [-0.1, -0.05) is 31.4 Å². The molecule has 0 saturated heterocycles. The highest BCUT2D eigenvalue weighted by Gasteiger charge is 2.28. The number of unbranched alkanes of at least 4 members (excludes halogenated alkanes) is 2. The standard InChI is InChI=1S/C18H21N3O3S/c1-3-4-5-6-15(22)13-11-12(2)7-8-14(13)21(17(24)16(19)23)18-20-9-10-25-18/h7-11H,3-6H2,1-2H3,(H2,19,23). The Balaban J connectivity index is 2.49. The summed E-state index contributed by atoms with van der Waals surface area (Å²) in [4.78, 5) is 41.8. The Morgan fingerprint density at radius 1 is 1.24 bits per heavy atom. The van der Waals surface area contributed by atoms with Gasteiger partial charge in [0.25, 0.3) is 0 Å². The quantitative estimate of drug-likeness (QED) is 0.466. The molecule has 0 unspecified atom stereocenters. The summed E-state index contributed by atoms with van der Waals surface area (Å²) in [5, 5.41) is 1.99. The molecule has 2 amide bonds. The highest BCUT2D eigenvalue weighted by molar-refractivity contribution is 7.14. The molecule has 0 spiro atoms. The molecule has 0 radical (unpaired) electrons. The van der Waals surface area contributed by atoms with E-state index >= 15 is 0 Å². The van der Waals surface area contributed by atoms with Crippen molar-refractivity contribution >= 4 is 39.8 Å². The van der Waals surface area contributed by atoms with Gasteiger partial charge in [0.1, 0.15) is 0 Å². The van der Waals surface area contributed by atoms with Gasteiger partial charge in [-0.25, -0.2) is 9.88 Å². The minimum atomic E-state index is -1.10. The zero-order valence-corrected chi connectivity index (χ0v) is 15.1. The lowest BCUT2D eigenvalue weighted by atomic mass is 10.00. The van der Waals surface area contributed by atoms with Gasteiger partial charge in [0, 0.05) is 23.6 Å². The van der Waals surface area contributed by atoms with E-state index in [0.29, 0.717) is 22.8 Å². The lowest BCUT2D eigenvalue weighted by molar-refractivity contribution is -0.135. The predicted octanol–water partition coefficient (Wildman–Crippen LogP) is 3.36. The fraction of sp³-hybridized carbons (Fsp3) is 0.333. The summed E-state index contributed by atoms with van der Waals surface area (Å²) in [6, 6.07) is 5.18. The van der Waals surface area contributed by atoms with Crippen molar-refractivity contribution in [1.29, 1.82) is 0 Å². The number of thiazole rings is 1. The van der Waals surface area contributed by atoms with Crippen LogP contribution in [0.3, 0.4) is 0 Å². The number of aromatic nitrogens is 1. The van der Waals surface area contributed by atoms with Gasteiger partial charge in [0.15, 0.2) is 10.9 Å². The Hall–Kier alpha value is -2.54. The van der Waals surface area contributed by atoms with Gasteiger partial charge in [-0.05, 0) is 25.5 Å². The number of carbonyl (C=O) groups is 3. The average Bonchev–Trinajstić information content (AvgIpc) is 3.10. The van der Waals surface area contributed by atoms with E-state index in [1.807, 2.05) is 6.92 Å². The molecule has 0 fully saturated rings. The van der Waals surface area contributed by atoms with E-state index in [1.165, 1.54) is 17.5 Å². The Labute approximate surface area is 150 Å². The largest absolute Gasteiger partial charge is 0.361 e. The number of primary amides is 1. The van der Waals surface area contributed by atoms with Crippen LogP contribution < -0.4 is 10.6 Å². The van der Waals surface area contributed by atoms with Crippen LogP contribution in [-0.2, 0) is 9.59 Å². The van der Waals surface area contributed by atoms with Gasteiger partial charge in [-0.3, -0.25) is 14.4 Å². The Bertz CT molecular complexity index is 772. The van der Waals surface area contributed by atoms with E-state index in [1.54, 1.807) is 23.6 Å². The van der Waals surface area contributed by atoms with E-state index < -0.39 is 11.8 Å². The van der Waals surface area contributed by atoms with Gasteiger partial charge in [-0.2, -0.15) is 0 Å². The number of aryl methyl sites for hydroxylation is 1. The molecule has 0 bridgehead atoms. The number of amides is 2. The van der Waals surface area contributed by atoms with Crippen molar-refractivity contribution in [3.05, 3.63) is 40.9 Å². The van der Waals surface area contributed by atoms with Crippen LogP contribution in [-0.4, -0.2) is 22.6 Å². The Morgan fingerprint density at radius 3 is 2.60 bits per heavy atom. The molecule has 2 rings (SSSR count). The van der Waals surface area contributed by atoms with Gasteiger partial charge in [0.2, 0.25) is 0 Å². The highest BCUT2D eigenvalue weighted by atomic mass is 32.1. The molecule has 1 heterocycles. The monoisotopic (exact) mass is 359 g/mol. The number of ketones is 1. The summed E-state index contributed by atoms with van der Waals surface area (Å²) in [5.41, 5.74) is 6.84. The maximum atomic E-state index is 12.7. The first-order valence-corrected chi connectivity index (χ1v) is 9.01. The number of rotatable bonds is 7. The number of Topliss-reactive ketones (excluding diaryl/α,β-unsaturated/α-hetero) is 1. The molecule has 25 heavy (non-hydrogen) atoms. The van der Waals surface area contributed by atoms with Crippen molar-refractivity contribution in [3.8, 4) is 0 Å². The lowest BCUT2D eigenvalue weighted by Gasteiger charge is -2.21. The van der Waals surface area contributed by atoms with Crippen LogP contribution in [0.1, 0.15) is 48.5 Å². The maximum absolute atomic E-state index is 12.7. The van der Waals surface area contributed by atoms with Crippen LogP contribution >= 0.6 is 11.3 Å². The Kier molecular flexibility index (Phi) is 6.41. The van der Waals surface area contributed by atoms with E-state index in [-0.39, 0.29) is 5.78 Å². The third kappa shape index (κ3) is 4.51. The molecular weight excluding hydrogens is 338 g/mol. The minimum absolute atomic E-state index is 0.0639. The van der Waals surface area contributed by atoms with Gasteiger partial charge in [0.05, 0.1) is 5.69 Å². The molecule has 2 aromatic rings. The van der Waals surface area contributed by atoms with Crippen molar-refractivity contribution in [2.45, 2.75) is 39.5 Å². The molecule has 0 aliphatic heterocycles. The SMILES string of the molecule is CCCCCC(=O)c1cc(C)ccc1N(C(=O)C(N)=O)c1nccs1. The fourth-order valence-electron chi connectivity index (χ4n) is 2.47. The first-order chi connectivity index (χ1) is 12.0.